The van der Waals surface area contributed by atoms with Crippen LogP contribution in [0.1, 0.15) is 61.9 Å². The number of H-pyrrole nitrogens is 1. The number of aromatic amines is 1. The van der Waals surface area contributed by atoms with E-state index in [0.29, 0.717) is 6.61 Å². The van der Waals surface area contributed by atoms with Gasteiger partial charge in [0, 0.05) is 29.9 Å². The van der Waals surface area contributed by atoms with Crippen molar-refractivity contribution in [2.75, 3.05) is 13.2 Å². The maximum Gasteiger partial charge on any atom is 0.410 e. The number of benzene rings is 1. The molecule has 2 aromatic heterocycles. The van der Waals surface area contributed by atoms with E-state index in [9.17, 15) is 4.79 Å². The van der Waals surface area contributed by atoms with Crippen molar-refractivity contribution in [2.45, 2.75) is 65.2 Å². The minimum atomic E-state index is -0.510. The van der Waals surface area contributed by atoms with Crippen LogP contribution in [0.3, 0.4) is 0 Å². The second kappa shape index (κ2) is 7.93. The predicted molar refractivity (Wildman–Crippen MR) is 125 cm³/mol. The molecule has 0 unspecified atom stereocenters. The zero-order valence-corrected chi connectivity index (χ0v) is 19.3. The Morgan fingerprint density at radius 1 is 1.25 bits per heavy atom. The summed E-state index contributed by atoms with van der Waals surface area (Å²) in [5.41, 5.74) is 7.55. The summed E-state index contributed by atoms with van der Waals surface area (Å²) in [5.74, 6) is 0. The normalized spacial score (nSPS) is 18.8. The first kappa shape index (κ1) is 21.0. The molecule has 6 nitrogen and oxygen atoms in total. The lowest BCUT2D eigenvalue weighted by Crippen LogP contribution is -2.36. The first-order valence-corrected chi connectivity index (χ1v) is 11.5. The van der Waals surface area contributed by atoms with Gasteiger partial charge < -0.3 is 19.4 Å². The average molecular weight is 434 g/mol. The maximum absolute atomic E-state index is 13.0. The largest absolute Gasteiger partial charge is 0.444 e. The molecule has 4 heterocycles. The Morgan fingerprint density at radius 3 is 2.91 bits per heavy atom. The van der Waals surface area contributed by atoms with Crippen LogP contribution in [0.2, 0.25) is 0 Å². The third-order valence-corrected chi connectivity index (χ3v) is 6.45. The van der Waals surface area contributed by atoms with E-state index in [1.165, 1.54) is 22.3 Å². The molecule has 0 saturated carbocycles. The fourth-order valence-electron chi connectivity index (χ4n) is 4.90. The number of hydrogen-bond donors (Lipinski definition) is 1. The smallest absolute Gasteiger partial charge is 0.410 e. The van der Waals surface area contributed by atoms with Gasteiger partial charge in [-0.15, -0.1) is 0 Å². The summed E-state index contributed by atoms with van der Waals surface area (Å²) in [5, 5.41) is 1.14. The quantitative estimate of drug-likeness (QED) is 0.564. The molecule has 1 fully saturated rings. The number of aryl methyl sites for hydroxylation is 1. The number of likely N-dealkylation sites (tertiary alicyclic amines) is 1. The molecule has 2 aliphatic heterocycles. The third-order valence-electron chi connectivity index (χ3n) is 6.45. The Labute approximate surface area is 188 Å². The molecule has 0 spiro atoms. The number of fused-ring (bicyclic) bond motifs is 2. The van der Waals surface area contributed by atoms with Gasteiger partial charge in [-0.2, -0.15) is 0 Å². The summed E-state index contributed by atoms with van der Waals surface area (Å²) in [4.78, 5) is 22.7. The van der Waals surface area contributed by atoms with Crippen LogP contribution in [0, 0.1) is 6.92 Å². The molecular formula is C26H31N3O3. The fraction of sp³-hybridized carbons (Fsp3) is 0.462. The lowest BCUT2D eigenvalue weighted by molar-refractivity contribution is 0.0221. The van der Waals surface area contributed by atoms with Crippen molar-refractivity contribution in [2.24, 2.45) is 0 Å². The van der Waals surface area contributed by atoms with Gasteiger partial charge in [0.05, 0.1) is 19.3 Å². The summed E-state index contributed by atoms with van der Waals surface area (Å²) in [6, 6.07) is 6.73. The van der Waals surface area contributed by atoms with Crippen molar-refractivity contribution in [1.29, 1.82) is 0 Å². The van der Waals surface area contributed by atoms with Crippen LogP contribution in [0.4, 0.5) is 4.79 Å². The number of hydrogen-bond acceptors (Lipinski definition) is 4. The van der Waals surface area contributed by atoms with E-state index in [1.54, 1.807) is 0 Å². The van der Waals surface area contributed by atoms with Crippen molar-refractivity contribution in [3.05, 3.63) is 52.8 Å². The van der Waals surface area contributed by atoms with Crippen LogP contribution in [-0.4, -0.2) is 39.7 Å². The van der Waals surface area contributed by atoms with Crippen LogP contribution in [0.25, 0.3) is 22.2 Å². The molecule has 5 rings (SSSR count). The number of pyridine rings is 1. The van der Waals surface area contributed by atoms with Crippen molar-refractivity contribution in [1.82, 2.24) is 14.9 Å². The second-order valence-electron chi connectivity index (χ2n) is 9.93. The molecule has 1 N–H and O–H groups in total. The van der Waals surface area contributed by atoms with E-state index in [2.05, 4.69) is 35.1 Å². The summed E-state index contributed by atoms with van der Waals surface area (Å²) in [6.07, 6.45) is 6.48. The first-order chi connectivity index (χ1) is 15.3. The van der Waals surface area contributed by atoms with Crippen molar-refractivity contribution in [3.8, 4) is 11.1 Å². The van der Waals surface area contributed by atoms with Crippen molar-refractivity contribution in [3.63, 3.8) is 0 Å². The van der Waals surface area contributed by atoms with Gasteiger partial charge in [-0.05, 0) is 86.9 Å². The van der Waals surface area contributed by atoms with E-state index < -0.39 is 5.60 Å². The van der Waals surface area contributed by atoms with Gasteiger partial charge in [0.25, 0.3) is 0 Å². The van der Waals surface area contributed by atoms with Gasteiger partial charge in [0.15, 0.2) is 0 Å². The second-order valence-corrected chi connectivity index (χ2v) is 9.93. The molecule has 6 heteroatoms. The minimum Gasteiger partial charge on any atom is -0.444 e. The van der Waals surface area contributed by atoms with E-state index in [1.807, 2.05) is 38.1 Å². The Morgan fingerprint density at radius 2 is 2.09 bits per heavy atom. The van der Waals surface area contributed by atoms with Crippen LogP contribution in [-0.2, 0) is 22.5 Å². The Bertz CT molecular complexity index is 1180. The number of nitrogens with one attached hydrogen (secondary N) is 1. The lowest BCUT2D eigenvalue weighted by Gasteiger charge is -2.31. The number of ether oxygens (including phenoxy) is 2. The standard InChI is InChI=1S/C26H31N3O3/c1-16-13-27-24-20(16)12-19(14-28-24)18-10-17-7-9-31-15-22(17)21(11-18)23-6-5-8-29(23)25(30)32-26(2,3)4/h10-14,23H,5-9,15H2,1-4H3,(H,27,28)/t23-/m0/s1. The molecule has 0 aliphatic carbocycles. The molecule has 0 radical (unpaired) electrons. The summed E-state index contributed by atoms with van der Waals surface area (Å²) >= 11 is 0. The minimum absolute atomic E-state index is 0.00550. The zero-order chi connectivity index (χ0) is 22.5. The molecule has 1 amide bonds. The summed E-state index contributed by atoms with van der Waals surface area (Å²) < 4.78 is 11.6. The molecule has 1 saturated heterocycles. The van der Waals surface area contributed by atoms with Crippen molar-refractivity contribution >= 4 is 17.1 Å². The molecule has 3 aromatic rings. The van der Waals surface area contributed by atoms with Gasteiger partial charge in [-0.1, -0.05) is 6.07 Å². The highest BCUT2D eigenvalue weighted by Crippen LogP contribution is 2.40. The van der Waals surface area contributed by atoms with Crippen LogP contribution < -0.4 is 0 Å². The van der Waals surface area contributed by atoms with E-state index >= 15 is 0 Å². The van der Waals surface area contributed by atoms with Crippen molar-refractivity contribution < 1.29 is 14.3 Å². The highest BCUT2D eigenvalue weighted by molar-refractivity contribution is 5.84. The average Bonchev–Trinajstić information content (AvgIpc) is 3.39. The van der Waals surface area contributed by atoms with Gasteiger partial charge >= 0.3 is 6.09 Å². The van der Waals surface area contributed by atoms with Crippen LogP contribution in [0.5, 0.6) is 0 Å². The third kappa shape index (κ3) is 3.88. The first-order valence-electron chi connectivity index (χ1n) is 11.5. The topological polar surface area (TPSA) is 67.5 Å². The van der Waals surface area contributed by atoms with E-state index in [-0.39, 0.29) is 12.1 Å². The van der Waals surface area contributed by atoms with Gasteiger partial charge in [0.2, 0.25) is 0 Å². The number of aromatic nitrogens is 2. The molecule has 168 valence electrons. The summed E-state index contributed by atoms with van der Waals surface area (Å²) in [6.45, 7) is 9.88. The predicted octanol–water partition coefficient (Wildman–Crippen LogP) is 5.68. The Hall–Kier alpha value is -2.86. The molecule has 1 atom stereocenters. The number of carbonyl (C=O) groups excluding carboxylic acids is 1. The van der Waals surface area contributed by atoms with E-state index in [0.717, 1.165) is 54.6 Å². The number of rotatable bonds is 2. The number of carbonyl (C=O) groups is 1. The lowest BCUT2D eigenvalue weighted by atomic mass is 9.88. The Kier molecular flexibility index (Phi) is 5.20. The maximum atomic E-state index is 13.0. The van der Waals surface area contributed by atoms with Crippen LogP contribution >= 0.6 is 0 Å². The van der Waals surface area contributed by atoms with E-state index in [4.69, 9.17) is 9.47 Å². The molecular weight excluding hydrogens is 402 g/mol. The van der Waals surface area contributed by atoms with Gasteiger partial charge in [-0.3, -0.25) is 0 Å². The summed E-state index contributed by atoms with van der Waals surface area (Å²) in [7, 11) is 0. The molecule has 1 aromatic carbocycles. The molecule has 2 aliphatic rings. The number of amides is 1. The fourth-order valence-corrected chi connectivity index (χ4v) is 4.90. The highest BCUT2D eigenvalue weighted by atomic mass is 16.6. The SMILES string of the molecule is Cc1c[nH]c2ncc(-c3cc4c(c([C@@H]5CCCN5C(=O)OC(C)(C)C)c3)COCC4)cc12. The molecule has 0 bridgehead atoms. The van der Waals surface area contributed by atoms with Crippen LogP contribution in [0.15, 0.2) is 30.6 Å². The molecule has 32 heavy (non-hydrogen) atoms. The Balaban J connectivity index is 1.58. The highest BCUT2D eigenvalue weighted by Gasteiger charge is 2.35. The zero-order valence-electron chi connectivity index (χ0n) is 19.3. The monoisotopic (exact) mass is 433 g/mol. The van der Waals surface area contributed by atoms with Gasteiger partial charge in [-0.25, -0.2) is 9.78 Å². The number of nitrogens with zero attached hydrogens (tertiary/aromatic N) is 2. The van der Waals surface area contributed by atoms with Gasteiger partial charge in [0.1, 0.15) is 11.2 Å².